The first kappa shape index (κ1) is 18.7. The van der Waals surface area contributed by atoms with Crippen molar-refractivity contribution >= 4 is 44.6 Å². The lowest BCUT2D eigenvalue weighted by molar-refractivity contribution is -0.142. The highest BCUT2D eigenvalue weighted by atomic mass is 79.9. The summed E-state index contributed by atoms with van der Waals surface area (Å²) in [5, 5.41) is 9.55. The van der Waals surface area contributed by atoms with Gasteiger partial charge in [0, 0.05) is 0 Å². The summed E-state index contributed by atoms with van der Waals surface area (Å²) < 4.78 is 10.6. The lowest BCUT2D eigenvalue weighted by atomic mass is 10.1. The third-order valence-electron chi connectivity index (χ3n) is 3.85. The summed E-state index contributed by atoms with van der Waals surface area (Å²) in [7, 11) is 1.30. The molecule has 0 atom stereocenters. The van der Waals surface area contributed by atoms with Crippen LogP contribution in [0.1, 0.15) is 17.0 Å². The first-order valence-corrected chi connectivity index (χ1v) is 8.87. The van der Waals surface area contributed by atoms with Crippen molar-refractivity contribution < 1.29 is 14.3 Å². The number of carbonyl (C=O) groups excluding carboxylic acids is 1. The lowest BCUT2D eigenvalue weighted by Crippen LogP contribution is -2.12. The number of benzene rings is 2. The molecule has 6 nitrogen and oxygen atoms in total. The number of aromatic amines is 1. The van der Waals surface area contributed by atoms with Crippen LogP contribution in [0.25, 0.3) is 22.7 Å². The van der Waals surface area contributed by atoms with Gasteiger partial charge in [-0.3, -0.25) is 0 Å². The van der Waals surface area contributed by atoms with Gasteiger partial charge in [-0.2, -0.15) is 5.26 Å². The molecule has 1 heterocycles. The number of imidazole rings is 1. The number of methoxy groups -OCH3 is 1. The smallest absolute Gasteiger partial charge is 0.343 e. The molecule has 7 heteroatoms. The van der Waals surface area contributed by atoms with Crippen molar-refractivity contribution in [1.82, 2.24) is 9.97 Å². The Morgan fingerprint density at radius 1 is 1.33 bits per heavy atom. The average Bonchev–Trinajstić information content (AvgIpc) is 3.07. The number of allylic oxidation sites excluding steroid dienone is 1. The van der Waals surface area contributed by atoms with Crippen molar-refractivity contribution in [3.05, 3.63) is 57.8 Å². The number of H-pyrrole nitrogens is 1. The van der Waals surface area contributed by atoms with Crippen LogP contribution >= 0.6 is 15.9 Å². The second-order valence-electron chi connectivity index (χ2n) is 5.83. The molecule has 0 bridgehead atoms. The Balaban J connectivity index is 1.87. The van der Waals surface area contributed by atoms with E-state index in [0.717, 1.165) is 22.2 Å². The van der Waals surface area contributed by atoms with Crippen LogP contribution in [0.5, 0.6) is 5.75 Å². The zero-order valence-electron chi connectivity index (χ0n) is 14.7. The van der Waals surface area contributed by atoms with Gasteiger partial charge in [-0.15, -0.1) is 0 Å². The SMILES string of the molecule is COC(=O)COc1ccc(/C=C(\C#N)c2nc3ccc(C)cc3[nH]2)cc1Br. The van der Waals surface area contributed by atoms with E-state index in [4.69, 9.17) is 4.74 Å². The van der Waals surface area contributed by atoms with E-state index in [0.29, 0.717) is 21.6 Å². The number of ether oxygens (including phenoxy) is 2. The first-order chi connectivity index (χ1) is 13.0. The van der Waals surface area contributed by atoms with Crippen molar-refractivity contribution in [3.63, 3.8) is 0 Å². The molecule has 0 radical (unpaired) electrons. The van der Waals surface area contributed by atoms with Crippen LogP contribution < -0.4 is 4.74 Å². The normalized spacial score (nSPS) is 11.3. The zero-order chi connectivity index (χ0) is 19.4. The first-order valence-electron chi connectivity index (χ1n) is 8.08. The van der Waals surface area contributed by atoms with Crippen LogP contribution in [0, 0.1) is 18.3 Å². The van der Waals surface area contributed by atoms with E-state index in [1.54, 1.807) is 24.3 Å². The highest BCUT2D eigenvalue weighted by Gasteiger charge is 2.10. The van der Waals surface area contributed by atoms with Gasteiger partial charge in [0.25, 0.3) is 0 Å². The van der Waals surface area contributed by atoms with Crippen molar-refractivity contribution in [2.45, 2.75) is 6.92 Å². The topological polar surface area (TPSA) is 88.0 Å². The number of carbonyl (C=O) groups is 1. The number of aryl methyl sites for hydroxylation is 1. The number of halogens is 1. The molecule has 136 valence electrons. The number of esters is 1. The van der Waals surface area contributed by atoms with Gasteiger partial charge in [-0.05, 0) is 64.3 Å². The molecule has 3 rings (SSSR count). The van der Waals surface area contributed by atoms with Crippen LogP contribution in [0.2, 0.25) is 0 Å². The number of nitrogens with one attached hydrogen (secondary N) is 1. The number of hydrogen-bond donors (Lipinski definition) is 1. The molecule has 0 saturated carbocycles. The zero-order valence-corrected chi connectivity index (χ0v) is 16.3. The molecule has 0 saturated heterocycles. The van der Waals surface area contributed by atoms with E-state index in [1.807, 2.05) is 25.1 Å². The molecule has 0 aliphatic heterocycles. The van der Waals surface area contributed by atoms with Crippen LogP contribution in [0.3, 0.4) is 0 Å². The quantitative estimate of drug-likeness (QED) is 0.487. The average molecular weight is 426 g/mol. The van der Waals surface area contributed by atoms with E-state index in [-0.39, 0.29) is 6.61 Å². The predicted octanol–water partition coefficient (Wildman–Crippen LogP) is 4.25. The van der Waals surface area contributed by atoms with Crippen molar-refractivity contribution in [1.29, 1.82) is 5.26 Å². The van der Waals surface area contributed by atoms with E-state index >= 15 is 0 Å². The second kappa shape index (κ2) is 8.06. The van der Waals surface area contributed by atoms with Crippen LogP contribution in [0.15, 0.2) is 40.9 Å². The molecular weight excluding hydrogens is 410 g/mol. The molecule has 27 heavy (non-hydrogen) atoms. The van der Waals surface area contributed by atoms with Crippen LogP contribution in [-0.4, -0.2) is 29.7 Å². The maximum atomic E-state index is 11.2. The van der Waals surface area contributed by atoms with Gasteiger partial charge in [0.05, 0.1) is 28.2 Å². The predicted molar refractivity (Wildman–Crippen MR) is 106 cm³/mol. The standard InChI is InChI=1S/C20H16BrN3O3/c1-12-3-5-16-17(7-12)24-20(23-16)14(10-22)8-13-4-6-18(15(21)9-13)27-11-19(25)26-2/h3-9H,11H2,1-2H3,(H,23,24)/b14-8+. The summed E-state index contributed by atoms with van der Waals surface area (Å²) in [5.74, 6) is 0.563. The van der Waals surface area contributed by atoms with E-state index < -0.39 is 5.97 Å². The summed E-state index contributed by atoms with van der Waals surface area (Å²) >= 11 is 3.41. The maximum Gasteiger partial charge on any atom is 0.343 e. The molecule has 0 aliphatic rings. The number of hydrogen-bond acceptors (Lipinski definition) is 5. The Labute approximate surface area is 164 Å². The molecule has 2 aromatic carbocycles. The summed E-state index contributed by atoms with van der Waals surface area (Å²) in [6.45, 7) is 1.83. The molecule has 1 aromatic heterocycles. The molecule has 0 unspecified atom stereocenters. The Kier molecular flexibility index (Phi) is 5.57. The molecule has 1 N–H and O–H groups in total. The van der Waals surface area contributed by atoms with Gasteiger partial charge in [0.15, 0.2) is 6.61 Å². The van der Waals surface area contributed by atoms with Crippen LogP contribution in [-0.2, 0) is 9.53 Å². The van der Waals surface area contributed by atoms with Crippen molar-refractivity contribution in [2.75, 3.05) is 13.7 Å². The molecule has 0 amide bonds. The Morgan fingerprint density at radius 2 is 2.15 bits per heavy atom. The number of fused-ring (bicyclic) bond motifs is 1. The van der Waals surface area contributed by atoms with Gasteiger partial charge in [0.2, 0.25) is 0 Å². The lowest BCUT2D eigenvalue weighted by Gasteiger charge is -2.07. The fourth-order valence-corrected chi connectivity index (χ4v) is 3.00. The highest BCUT2D eigenvalue weighted by molar-refractivity contribution is 9.10. The van der Waals surface area contributed by atoms with Crippen LogP contribution in [0.4, 0.5) is 0 Å². The minimum Gasteiger partial charge on any atom is -0.481 e. The number of aromatic nitrogens is 2. The van der Waals surface area contributed by atoms with Crippen molar-refractivity contribution in [2.24, 2.45) is 0 Å². The highest BCUT2D eigenvalue weighted by Crippen LogP contribution is 2.28. The van der Waals surface area contributed by atoms with E-state index in [1.165, 1.54) is 7.11 Å². The molecule has 0 fully saturated rings. The third kappa shape index (κ3) is 4.36. The molecule has 0 spiro atoms. The third-order valence-corrected chi connectivity index (χ3v) is 4.47. The Hall–Kier alpha value is -3.11. The molecular formula is C20H16BrN3O3. The minimum absolute atomic E-state index is 0.174. The van der Waals surface area contributed by atoms with E-state index in [9.17, 15) is 10.1 Å². The molecule has 0 aliphatic carbocycles. The number of nitrogens with zero attached hydrogens (tertiary/aromatic N) is 2. The number of rotatable bonds is 5. The van der Waals surface area contributed by atoms with Gasteiger partial charge >= 0.3 is 5.97 Å². The van der Waals surface area contributed by atoms with E-state index in [2.05, 4.69) is 36.7 Å². The number of nitriles is 1. The fourth-order valence-electron chi connectivity index (χ4n) is 2.49. The molecule has 3 aromatic rings. The summed E-state index contributed by atoms with van der Waals surface area (Å²) in [6, 6.07) is 13.4. The van der Waals surface area contributed by atoms with Gasteiger partial charge in [-0.25, -0.2) is 9.78 Å². The minimum atomic E-state index is -0.460. The summed E-state index contributed by atoms with van der Waals surface area (Å²) in [4.78, 5) is 18.8. The van der Waals surface area contributed by atoms with Gasteiger partial charge in [0.1, 0.15) is 17.6 Å². The van der Waals surface area contributed by atoms with Crippen molar-refractivity contribution in [3.8, 4) is 11.8 Å². The summed E-state index contributed by atoms with van der Waals surface area (Å²) in [6.07, 6.45) is 1.74. The second-order valence-corrected chi connectivity index (χ2v) is 6.68. The van der Waals surface area contributed by atoms with Gasteiger partial charge < -0.3 is 14.5 Å². The maximum absolute atomic E-state index is 11.2. The largest absolute Gasteiger partial charge is 0.481 e. The summed E-state index contributed by atoms with van der Waals surface area (Å²) in [5.41, 5.74) is 4.02. The Morgan fingerprint density at radius 3 is 2.85 bits per heavy atom. The monoisotopic (exact) mass is 425 g/mol. The fraction of sp³-hybridized carbons (Fsp3) is 0.150. The Bertz CT molecular complexity index is 1080. The van der Waals surface area contributed by atoms with Gasteiger partial charge in [-0.1, -0.05) is 12.1 Å².